The third-order valence-corrected chi connectivity index (χ3v) is 5.52. The van der Waals surface area contributed by atoms with Gasteiger partial charge in [0.15, 0.2) is 5.76 Å². The summed E-state index contributed by atoms with van der Waals surface area (Å²) in [5.74, 6) is 0.953. The molecular formula is C21H21N3O2. The second-order valence-corrected chi connectivity index (χ2v) is 7.19. The lowest BCUT2D eigenvalue weighted by atomic mass is 9.95. The summed E-state index contributed by atoms with van der Waals surface area (Å²) < 4.78 is 5.81. The molecule has 5 rings (SSSR count). The van der Waals surface area contributed by atoms with Crippen LogP contribution < -0.4 is 10.6 Å². The van der Waals surface area contributed by atoms with E-state index in [4.69, 9.17) is 4.42 Å². The molecule has 1 amide bonds. The molecule has 3 aromatic rings. The van der Waals surface area contributed by atoms with Gasteiger partial charge in [-0.3, -0.25) is 4.79 Å². The van der Waals surface area contributed by atoms with Gasteiger partial charge in [-0.05, 0) is 49.1 Å². The van der Waals surface area contributed by atoms with Gasteiger partial charge in [0, 0.05) is 35.6 Å². The average molecular weight is 347 g/mol. The van der Waals surface area contributed by atoms with Gasteiger partial charge < -0.3 is 20.0 Å². The molecule has 0 saturated carbocycles. The number of aromatic nitrogens is 1. The van der Waals surface area contributed by atoms with Crippen LogP contribution in [0.3, 0.4) is 0 Å². The Hall–Kier alpha value is -2.79. The number of rotatable bonds is 4. The lowest BCUT2D eigenvalue weighted by Gasteiger charge is -2.20. The van der Waals surface area contributed by atoms with E-state index in [1.54, 1.807) is 6.07 Å². The van der Waals surface area contributed by atoms with Gasteiger partial charge in [-0.1, -0.05) is 24.3 Å². The minimum Gasteiger partial charge on any atom is -0.451 e. The number of aromatic amines is 1. The zero-order valence-corrected chi connectivity index (χ0v) is 14.4. The Labute approximate surface area is 151 Å². The predicted octanol–water partition coefficient (Wildman–Crippen LogP) is 3.56. The Balaban J connectivity index is 1.29. The van der Waals surface area contributed by atoms with Crippen LogP contribution in [-0.2, 0) is 0 Å². The van der Waals surface area contributed by atoms with E-state index in [1.807, 2.05) is 48.7 Å². The van der Waals surface area contributed by atoms with Gasteiger partial charge >= 0.3 is 0 Å². The minimum atomic E-state index is -0.126. The summed E-state index contributed by atoms with van der Waals surface area (Å²) in [5, 5.41) is 6.65. The Bertz CT molecular complexity index is 911. The molecular weight excluding hydrogens is 326 g/mol. The Morgan fingerprint density at radius 1 is 1.04 bits per heavy atom. The SMILES string of the molecule is O=C(N[C@@H]1C[C@H]2CC[C@@H]1N2)c1ccc(-c2ccc(-c3ccc[nH]3)cc2)o1. The first kappa shape index (κ1) is 15.5. The maximum Gasteiger partial charge on any atom is 0.287 e. The predicted molar refractivity (Wildman–Crippen MR) is 99.7 cm³/mol. The summed E-state index contributed by atoms with van der Waals surface area (Å²) in [6.07, 6.45) is 5.29. The minimum absolute atomic E-state index is 0.126. The first-order valence-corrected chi connectivity index (χ1v) is 9.17. The highest BCUT2D eigenvalue weighted by Gasteiger charge is 2.39. The van der Waals surface area contributed by atoms with Crippen LogP contribution in [0.2, 0.25) is 0 Å². The number of benzene rings is 1. The normalized spacial score (nSPS) is 24.1. The van der Waals surface area contributed by atoms with Gasteiger partial charge in [0.25, 0.3) is 5.91 Å². The van der Waals surface area contributed by atoms with Crippen molar-refractivity contribution in [3.8, 4) is 22.6 Å². The second kappa shape index (κ2) is 6.18. The number of furan rings is 1. The summed E-state index contributed by atoms with van der Waals surface area (Å²) in [7, 11) is 0. The van der Waals surface area contributed by atoms with Gasteiger partial charge in [-0.2, -0.15) is 0 Å². The van der Waals surface area contributed by atoms with Crippen molar-refractivity contribution in [2.24, 2.45) is 0 Å². The lowest BCUT2D eigenvalue weighted by molar-refractivity contribution is 0.0903. The van der Waals surface area contributed by atoms with Crippen LogP contribution in [0, 0.1) is 0 Å². The number of H-pyrrole nitrogens is 1. The van der Waals surface area contributed by atoms with E-state index in [2.05, 4.69) is 15.6 Å². The first-order chi connectivity index (χ1) is 12.8. The average Bonchev–Trinajstić information content (AvgIpc) is 3.46. The molecule has 0 radical (unpaired) electrons. The van der Waals surface area contributed by atoms with Crippen molar-refractivity contribution < 1.29 is 9.21 Å². The van der Waals surface area contributed by atoms with E-state index in [1.165, 1.54) is 6.42 Å². The highest BCUT2D eigenvalue weighted by Crippen LogP contribution is 2.29. The fourth-order valence-corrected chi connectivity index (χ4v) is 4.16. The van der Waals surface area contributed by atoms with Crippen LogP contribution in [0.15, 0.2) is 59.1 Å². The van der Waals surface area contributed by atoms with Gasteiger partial charge in [-0.15, -0.1) is 0 Å². The number of carbonyl (C=O) groups excluding carboxylic acids is 1. The van der Waals surface area contributed by atoms with Crippen LogP contribution in [0.1, 0.15) is 29.8 Å². The maximum atomic E-state index is 12.5. The number of fused-ring (bicyclic) bond motifs is 2. The zero-order chi connectivity index (χ0) is 17.5. The van der Waals surface area contributed by atoms with E-state index in [9.17, 15) is 4.79 Å². The number of nitrogens with one attached hydrogen (secondary N) is 3. The topological polar surface area (TPSA) is 70.1 Å². The molecule has 132 valence electrons. The van der Waals surface area contributed by atoms with Crippen molar-refractivity contribution in [2.45, 2.75) is 37.4 Å². The smallest absolute Gasteiger partial charge is 0.287 e. The largest absolute Gasteiger partial charge is 0.451 e. The van der Waals surface area contributed by atoms with Gasteiger partial charge in [0.1, 0.15) is 5.76 Å². The van der Waals surface area contributed by atoms with Crippen molar-refractivity contribution >= 4 is 5.91 Å². The molecule has 5 heteroatoms. The van der Waals surface area contributed by atoms with Crippen LogP contribution >= 0.6 is 0 Å². The molecule has 0 unspecified atom stereocenters. The highest BCUT2D eigenvalue weighted by molar-refractivity contribution is 5.92. The molecule has 0 aliphatic carbocycles. The van der Waals surface area contributed by atoms with Crippen molar-refractivity contribution in [3.05, 3.63) is 60.5 Å². The highest BCUT2D eigenvalue weighted by atomic mass is 16.3. The molecule has 26 heavy (non-hydrogen) atoms. The molecule has 2 aliphatic heterocycles. The van der Waals surface area contributed by atoms with Crippen LogP contribution in [0.4, 0.5) is 0 Å². The molecule has 0 spiro atoms. The molecule has 2 saturated heterocycles. The van der Waals surface area contributed by atoms with E-state index >= 15 is 0 Å². The molecule has 2 aliphatic rings. The van der Waals surface area contributed by atoms with Gasteiger partial charge in [-0.25, -0.2) is 0 Å². The summed E-state index contributed by atoms with van der Waals surface area (Å²) in [6.45, 7) is 0. The van der Waals surface area contributed by atoms with E-state index < -0.39 is 0 Å². The van der Waals surface area contributed by atoms with Crippen molar-refractivity contribution in [1.82, 2.24) is 15.6 Å². The van der Waals surface area contributed by atoms with Gasteiger partial charge in [0.2, 0.25) is 0 Å². The molecule has 2 bridgehead atoms. The summed E-state index contributed by atoms with van der Waals surface area (Å²) in [5.41, 5.74) is 3.16. The first-order valence-electron chi connectivity index (χ1n) is 9.17. The maximum absolute atomic E-state index is 12.5. The Morgan fingerprint density at radius 3 is 2.58 bits per heavy atom. The molecule has 3 atom stereocenters. The van der Waals surface area contributed by atoms with Gasteiger partial charge in [0.05, 0.1) is 0 Å². The number of hydrogen-bond acceptors (Lipinski definition) is 3. The molecule has 3 N–H and O–H groups in total. The molecule has 2 aromatic heterocycles. The van der Waals surface area contributed by atoms with Crippen molar-refractivity contribution in [3.63, 3.8) is 0 Å². The van der Waals surface area contributed by atoms with Crippen molar-refractivity contribution in [1.29, 1.82) is 0 Å². The Morgan fingerprint density at radius 2 is 1.88 bits per heavy atom. The summed E-state index contributed by atoms with van der Waals surface area (Å²) >= 11 is 0. The fourth-order valence-electron chi connectivity index (χ4n) is 4.16. The fraction of sp³-hybridized carbons (Fsp3) is 0.286. The summed E-state index contributed by atoms with van der Waals surface area (Å²) in [4.78, 5) is 15.7. The number of amides is 1. The van der Waals surface area contributed by atoms with Crippen LogP contribution in [-0.4, -0.2) is 29.0 Å². The monoisotopic (exact) mass is 347 g/mol. The molecule has 5 nitrogen and oxygen atoms in total. The van der Waals surface area contributed by atoms with Crippen LogP contribution in [0.25, 0.3) is 22.6 Å². The second-order valence-electron chi connectivity index (χ2n) is 7.19. The van der Waals surface area contributed by atoms with E-state index in [-0.39, 0.29) is 11.9 Å². The molecule has 2 fully saturated rings. The third kappa shape index (κ3) is 2.74. The zero-order valence-electron chi connectivity index (χ0n) is 14.4. The van der Waals surface area contributed by atoms with E-state index in [0.717, 1.165) is 29.7 Å². The Kier molecular flexibility index (Phi) is 3.68. The quantitative estimate of drug-likeness (QED) is 0.676. The van der Waals surface area contributed by atoms with Crippen molar-refractivity contribution in [2.75, 3.05) is 0 Å². The third-order valence-electron chi connectivity index (χ3n) is 5.52. The number of carbonyl (C=O) groups is 1. The molecule has 1 aromatic carbocycles. The van der Waals surface area contributed by atoms with Crippen LogP contribution in [0.5, 0.6) is 0 Å². The summed E-state index contributed by atoms with van der Waals surface area (Å²) in [6, 6.07) is 16.9. The molecule has 4 heterocycles. The lowest BCUT2D eigenvalue weighted by Crippen LogP contribution is -2.42. The standard InChI is InChI=1S/C21H21N3O2/c25-21(24-18-12-15-7-8-17(18)23-15)20-10-9-19(26-20)14-5-3-13(4-6-14)16-2-1-11-22-16/h1-6,9-11,15,17-18,22-23H,7-8,12H2,(H,24,25)/t15-,17+,18-/m1/s1. The van der Waals surface area contributed by atoms with E-state index in [0.29, 0.717) is 23.6 Å². The number of hydrogen-bond donors (Lipinski definition) is 3.